The van der Waals surface area contributed by atoms with Crippen LogP contribution in [0.15, 0.2) is 94.7 Å². The van der Waals surface area contributed by atoms with Crippen molar-refractivity contribution in [3.05, 3.63) is 118 Å². The largest absolute Gasteiger partial charge is 0.467 e. The van der Waals surface area contributed by atoms with E-state index in [1.54, 1.807) is 93.5 Å². The van der Waals surface area contributed by atoms with Gasteiger partial charge in [-0.1, -0.05) is 100 Å². The number of alkyl halides is 6. The normalized spacial score (nSPS) is 16.6. The summed E-state index contributed by atoms with van der Waals surface area (Å²) in [6.45, 7) is 16.0. The van der Waals surface area contributed by atoms with E-state index in [4.69, 9.17) is 18.9 Å². The van der Waals surface area contributed by atoms with Crippen LogP contribution < -0.4 is 0 Å². The number of ether oxygens (including phenoxy) is 4. The second kappa shape index (κ2) is 25.2. The molecule has 0 aromatic heterocycles. The molecule has 2 atom stereocenters. The van der Waals surface area contributed by atoms with Gasteiger partial charge in [-0.05, 0) is 111 Å². The lowest BCUT2D eigenvalue weighted by Gasteiger charge is -2.39. The second-order valence-electron chi connectivity index (χ2n) is 22.0. The minimum atomic E-state index is -5.22. The third-order valence-electron chi connectivity index (χ3n) is 13.3. The highest BCUT2D eigenvalue weighted by atomic mass is 32.2. The number of piperazine rings is 2. The van der Waals surface area contributed by atoms with Crippen LogP contribution in [0.2, 0.25) is 0 Å². The summed E-state index contributed by atoms with van der Waals surface area (Å²) in [7, 11) is 2.21. The van der Waals surface area contributed by atoms with Crippen molar-refractivity contribution in [1.29, 1.82) is 0 Å². The Morgan fingerprint density at radius 3 is 1.19 bits per heavy atom. The minimum Gasteiger partial charge on any atom is -0.467 e. The predicted octanol–water partition coefficient (Wildman–Crippen LogP) is 12.7. The van der Waals surface area contributed by atoms with Gasteiger partial charge in [-0.15, -0.1) is 0 Å². The van der Waals surface area contributed by atoms with Crippen molar-refractivity contribution < 1.29 is 74.1 Å². The molecule has 4 amide bonds. The molecule has 81 heavy (non-hydrogen) atoms. The highest BCUT2D eigenvalue weighted by molar-refractivity contribution is 7.99. The first-order valence-corrected chi connectivity index (χ1v) is 27.0. The molecular formula is C60H68F6N4O10S. The number of methoxy groups -OCH3 is 2. The molecule has 0 bridgehead atoms. The summed E-state index contributed by atoms with van der Waals surface area (Å²) < 4.78 is 118. The van der Waals surface area contributed by atoms with Gasteiger partial charge in [0, 0.05) is 59.2 Å². The first kappa shape index (κ1) is 62.9. The third-order valence-corrected chi connectivity index (χ3v) is 14.4. The molecule has 0 N–H and O–H groups in total. The van der Waals surface area contributed by atoms with Crippen LogP contribution in [0.5, 0.6) is 0 Å². The lowest BCUT2D eigenvalue weighted by atomic mass is 9.87. The first-order chi connectivity index (χ1) is 37.8. The van der Waals surface area contributed by atoms with Crippen molar-refractivity contribution in [2.75, 3.05) is 53.5 Å². The summed E-state index contributed by atoms with van der Waals surface area (Å²) in [4.78, 5) is 83.9. The molecule has 2 saturated heterocycles. The fourth-order valence-corrected chi connectivity index (χ4v) is 10.8. The number of hydrogen-bond donors (Lipinski definition) is 0. The monoisotopic (exact) mass is 1150 g/mol. The van der Waals surface area contributed by atoms with Crippen LogP contribution in [0.4, 0.5) is 35.9 Å². The Balaban J connectivity index is 1.50. The van der Waals surface area contributed by atoms with Gasteiger partial charge in [0.1, 0.15) is 23.3 Å². The zero-order valence-corrected chi connectivity index (χ0v) is 48.2. The van der Waals surface area contributed by atoms with E-state index in [0.717, 1.165) is 60.5 Å². The van der Waals surface area contributed by atoms with Crippen LogP contribution >= 0.6 is 11.8 Å². The molecule has 2 heterocycles. The molecule has 436 valence electrons. The van der Waals surface area contributed by atoms with Gasteiger partial charge < -0.3 is 38.5 Å². The van der Waals surface area contributed by atoms with Crippen LogP contribution in [-0.4, -0.2) is 132 Å². The molecule has 0 radical (unpaired) electrons. The molecule has 6 rings (SSSR count). The molecule has 2 aliphatic rings. The number of hydrogen-bond acceptors (Lipinski definition) is 11. The van der Waals surface area contributed by atoms with Gasteiger partial charge in [0.05, 0.1) is 38.4 Å². The van der Waals surface area contributed by atoms with E-state index in [-0.39, 0.29) is 85.1 Å². The fourth-order valence-electron chi connectivity index (χ4n) is 9.63. The Labute approximate surface area is 472 Å². The van der Waals surface area contributed by atoms with Crippen molar-refractivity contribution in [3.63, 3.8) is 0 Å². The van der Waals surface area contributed by atoms with Gasteiger partial charge in [-0.25, -0.2) is 19.2 Å². The number of halogens is 6. The topological polar surface area (TPSA) is 152 Å². The van der Waals surface area contributed by atoms with E-state index in [0.29, 0.717) is 11.1 Å². The van der Waals surface area contributed by atoms with Crippen molar-refractivity contribution in [1.82, 2.24) is 19.6 Å². The maximum absolute atomic E-state index is 16.2. The zero-order valence-electron chi connectivity index (χ0n) is 47.3. The lowest BCUT2D eigenvalue weighted by molar-refractivity contribution is -0.154. The Hall–Kier alpha value is -7.29. The summed E-state index contributed by atoms with van der Waals surface area (Å²) >= 11 is 0.250. The van der Waals surface area contributed by atoms with E-state index in [1.807, 2.05) is 0 Å². The highest BCUT2D eigenvalue weighted by Crippen LogP contribution is 2.52. The van der Waals surface area contributed by atoms with Crippen molar-refractivity contribution in [2.24, 2.45) is 0 Å². The lowest BCUT2D eigenvalue weighted by Crippen LogP contribution is -2.59. The van der Waals surface area contributed by atoms with Gasteiger partial charge in [0.15, 0.2) is 0 Å². The Kier molecular flexibility index (Phi) is 19.6. The average Bonchev–Trinajstić information content (AvgIpc) is 3.48. The van der Waals surface area contributed by atoms with Gasteiger partial charge in [0.2, 0.25) is 11.8 Å². The smallest absolute Gasteiger partial charge is 0.418 e. The SMILES string of the molecule is COC(=O)C1CN(C(=O)OC(C)(C)C)CCN1C(=O)C=Cc1ccc(Sc2ccc(C=CC(=O)N3CCN(C(=O)OC(C)(C)C)CC3C(=O)OC)c(-c3ccccc3C(C)C)c2C(F)(F)F)c(C(F)(F)F)c1-c1ccccc1C(C)C. The molecule has 2 fully saturated rings. The molecular weight excluding hydrogens is 1080 g/mol. The highest BCUT2D eigenvalue weighted by Gasteiger charge is 2.44. The minimum absolute atomic E-state index is 0.0486. The Morgan fingerprint density at radius 2 is 0.877 bits per heavy atom. The molecule has 0 spiro atoms. The number of amides is 4. The number of rotatable bonds is 12. The second-order valence-corrected chi connectivity index (χ2v) is 23.1. The molecule has 4 aromatic carbocycles. The van der Waals surface area contributed by atoms with Gasteiger partial charge in [0.25, 0.3) is 0 Å². The predicted molar refractivity (Wildman–Crippen MR) is 295 cm³/mol. The molecule has 14 nitrogen and oxygen atoms in total. The molecule has 21 heteroatoms. The molecule has 2 aliphatic heterocycles. The summed E-state index contributed by atoms with van der Waals surface area (Å²) in [5, 5.41) is 0. The maximum Gasteiger partial charge on any atom is 0.418 e. The van der Waals surface area contributed by atoms with E-state index >= 15 is 26.3 Å². The van der Waals surface area contributed by atoms with Crippen LogP contribution in [0.25, 0.3) is 34.4 Å². The maximum atomic E-state index is 16.2. The number of nitrogens with zero attached hydrogens (tertiary/aromatic N) is 4. The van der Waals surface area contributed by atoms with E-state index in [9.17, 15) is 28.8 Å². The average molecular weight is 1150 g/mol. The fraction of sp³-hybridized carbons (Fsp3) is 0.433. The van der Waals surface area contributed by atoms with Gasteiger partial charge in [-0.2, -0.15) is 26.3 Å². The van der Waals surface area contributed by atoms with Gasteiger partial charge >= 0.3 is 36.5 Å². The van der Waals surface area contributed by atoms with Crippen LogP contribution in [-0.2, 0) is 50.5 Å². The summed E-state index contributed by atoms with van der Waals surface area (Å²) in [5.41, 5.74) is -4.27. The third kappa shape index (κ3) is 15.2. The molecule has 0 saturated carbocycles. The van der Waals surface area contributed by atoms with Crippen LogP contribution in [0, 0.1) is 0 Å². The summed E-state index contributed by atoms with van der Waals surface area (Å²) in [6, 6.07) is 14.6. The standard InChI is InChI=1S/C60H68F6N4O10S/c1-35(2)39-17-13-15-19-41(39)49-37(23-27-47(71)69-31-29-67(33-43(69)53(73)77-11)55(75)79-57(5,6)7)21-25-45(51(49)59(61,62)63)81-46-26-22-38(50(52(46)60(64,65)66)42-20-16-14-18-40(42)36(3)4)24-28-48(72)70-32-30-68(34-44(70)54(74)78-12)56(76)80-58(8,9)10/h13-28,35-36,43-44H,29-34H2,1-12H3. The molecule has 4 aromatic rings. The van der Waals surface area contributed by atoms with Crippen LogP contribution in [0.3, 0.4) is 0 Å². The van der Waals surface area contributed by atoms with E-state index in [2.05, 4.69) is 0 Å². The number of carbonyl (C=O) groups excluding carboxylic acids is 6. The Morgan fingerprint density at radius 1 is 0.531 bits per heavy atom. The van der Waals surface area contributed by atoms with E-state index < -0.39 is 104 Å². The van der Waals surface area contributed by atoms with Crippen molar-refractivity contribution >= 4 is 59.9 Å². The van der Waals surface area contributed by atoms with Crippen LogP contribution in [0.1, 0.15) is 114 Å². The number of benzene rings is 4. The summed E-state index contributed by atoms with van der Waals surface area (Å²) in [6.07, 6.45) is -7.59. The first-order valence-electron chi connectivity index (χ1n) is 26.2. The van der Waals surface area contributed by atoms with Crippen molar-refractivity contribution in [2.45, 2.75) is 127 Å². The molecule has 2 unspecified atom stereocenters. The Bertz CT molecular complexity index is 2880. The molecule has 0 aliphatic carbocycles. The van der Waals surface area contributed by atoms with Gasteiger partial charge in [-0.3, -0.25) is 9.59 Å². The number of carbonyl (C=O) groups is 6. The summed E-state index contributed by atoms with van der Waals surface area (Å²) in [5.74, 6) is -4.03. The zero-order chi connectivity index (χ0) is 60.1. The van der Waals surface area contributed by atoms with Crippen molar-refractivity contribution in [3.8, 4) is 22.3 Å². The quantitative estimate of drug-likeness (QED) is 0.0577. The number of esters is 2. The van der Waals surface area contributed by atoms with E-state index in [1.165, 1.54) is 46.2 Å².